The Bertz CT molecular complexity index is 583. The minimum atomic E-state index is -0.699. The van der Waals surface area contributed by atoms with Crippen molar-refractivity contribution in [3.63, 3.8) is 0 Å². The van der Waals surface area contributed by atoms with Gasteiger partial charge in [-0.05, 0) is 24.5 Å². The van der Waals surface area contributed by atoms with E-state index < -0.39 is 5.97 Å². The van der Waals surface area contributed by atoms with E-state index in [1.165, 1.54) is 5.69 Å². The van der Waals surface area contributed by atoms with Crippen LogP contribution in [0, 0.1) is 0 Å². The fourth-order valence-electron chi connectivity index (χ4n) is 2.84. The van der Waals surface area contributed by atoms with Crippen LogP contribution in [0.1, 0.15) is 23.6 Å². The van der Waals surface area contributed by atoms with Gasteiger partial charge in [0.1, 0.15) is 0 Å². The monoisotopic (exact) mass is 215 g/mol. The lowest BCUT2D eigenvalue weighted by molar-refractivity contribution is -0.138. The number of carboxylic acids is 1. The number of rotatable bonds is 1. The van der Waals surface area contributed by atoms with E-state index >= 15 is 0 Å². The van der Waals surface area contributed by atoms with Crippen LogP contribution >= 0.6 is 0 Å². The molecule has 1 atom stereocenters. The Kier molecular flexibility index (Phi) is 1.84. The van der Waals surface area contributed by atoms with Crippen molar-refractivity contribution in [2.45, 2.75) is 18.8 Å². The van der Waals surface area contributed by atoms with Gasteiger partial charge in [0.05, 0.1) is 5.92 Å². The summed E-state index contributed by atoms with van der Waals surface area (Å²) in [7, 11) is 2.02. The maximum atomic E-state index is 11.2. The minimum absolute atomic E-state index is 0.318. The van der Waals surface area contributed by atoms with Crippen molar-refractivity contribution < 1.29 is 9.90 Å². The number of nitrogens with zero attached hydrogens (tertiary/aromatic N) is 1. The molecule has 0 amide bonds. The third-order valence-electron chi connectivity index (χ3n) is 3.59. The van der Waals surface area contributed by atoms with Gasteiger partial charge in [0, 0.05) is 23.6 Å². The molecule has 0 bridgehead atoms. The molecule has 1 aromatic heterocycles. The van der Waals surface area contributed by atoms with E-state index in [1.807, 2.05) is 31.3 Å². The van der Waals surface area contributed by atoms with E-state index in [4.69, 9.17) is 0 Å². The number of hydrogen-bond donors (Lipinski definition) is 1. The fourth-order valence-corrected chi connectivity index (χ4v) is 2.84. The maximum Gasteiger partial charge on any atom is 0.311 e. The van der Waals surface area contributed by atoms with E-state index in [9.17, 15) is 9.90 Å². The SMILES string of the molecule is Cn1c2c(c3ccccc31)[C@@H](C(=O)O)CC2. The van der Waals surface area contributed by atoms with Crippen LogP contribution < -0.4 is 0 Å². The summed E-state index contributed by atoms with van der Waals surface area (Å²) in [5.41, 5.74) is 3.36. The molecule has 0 aliphatic heterocycles. The van der Waals surface area contributed by atoms with Crippen LogP contribution in [0.3, 0.4) is 0 Å². The van der Waals surface area contributed by atoms with Gasteiger partial charge in [-0.1, -0.05) is 18.2 Å². The maximum absolute atomic E-state index is 11.2. The van der Waals surface area contributed by atoms with Crippen LogP contribution in [0.5, 0.6) is 0 Å². The lowest BCUT2D eigenvalue weighted by Gasteiger charge is -2.03. The van der Waals surface area contributed by atoms with E-state index in [0.717, 1.165) is 29.3 Å². The lowest BCUT2D eigenvalue weighted by atomic mass is 10.0. The normalized spacial score (nSPS) is 18.9. The van der Waals surface area contributed by atoms with Gasteiger partial charge in [-0.15, -0.1) is 0 Å². The predicted octanol–water partition coefficient (Wildman–Crippen LogP) is 2.29. The molecule has 0 unspecified atom stereocenters. The standard InChI is InChI=1S/C13H13NO2/c1-14-10-5-3-2-4-8(10)12-9(13(15)16)6-7-11(12)14/h2-5,9H,6-7H2,1H3,(H,15,16)/t9-/m0/s1. The number of fused-ring (bicyclic) bond motifs is 3. The van der Waals surface area contributed by atoms with Crippen LogP contribution in [0.4, 0.5) is 0 Å². The van der Waals surface area contributed by atoms with Crippen molar-refractivity contribution in [1.82, 2.24) is 4.57 Å². The second kappa shape index (κ2) is 3.11. The molecule has 1 N–H and O–H groups in total. The van der Waals surface area contributed by atoms with Crippen molar-refractivity contribution >= 4 is 16.9 Å². The van der Waals surface area contributed by atoms with E-state index in [-0.39, 0.29) is 5.92 Å². The van der Waals surface area contributed by atoms with Crippen molar-refractivity contribution in [3.05, 3.63) is 35.5 Å². The molecule has 0 saturated heterocycles. The summed E-state index contributed by atoms with van der Waals surface area (Å²) in [4.78, 5) is 11.2. The molecule has 1 aliphatic rings. The molecule has 0 fully saturated rings. The molecule has 0 saturated carbocycles. The van der Waals surface area contributed by atoms with Crippen LogP contribution in [-0.4, -0.2) is 15.6 Å². The summed E-state index contributed by atoms with van der Waals surface area (Å²) in [6, 6.07) is 8.04. The highest BCUT2D eigenvalue weighted by Gasteiger charge is 2.33. The van der Waals surface area contributed by atoms with Crippen LogP contribution in [-0.2, 0) is 18.3 Å². The molecular formula is C13H13NO2. The van der Waals surface area contributed by atoms with Crippen molar-refractivity contribution in [2.24, 2.45) is 7.05 Å². The smallest absolute Gasteiger partial charge is 0.311 e. The van der Waals surface area contributed by atoms with Crippen molar-refractivity contribution in [1.29, 1.82) is 0 Å². The van der Waals surface area contributed by atoms with Gasteiger partial charge in [0.25, 0.3) is 0 Å². The van der Waals surface area contributed by atoms with Crippen molar-refractivity contribution in [2.75, 3.05) is 0 Å². The fraction of sp³-hybridized carbons (Fsp3) is 0.308. The largest absolute Gasteiger partial charge is 0.481 e. The quantitative estimate of drug-likeness (QED) is 0.793. The number of carboxylic acid groups (broad SMARTS) is 1. The summed E-state index contributed by atoms with van der Waals surface area (Å²) >= 11 is 0. The second-order valence-corrected chi connectivity index (χ2v) is 4.37. The molecule has 2 aromatic rings. The molecule has 82 valence electrons. The third-order valence-corrected chi connectivity index (χ3v) is 3.59. The van der Waals surface area contributed by atoms with E-state index in [2.05, 4.69) is 4.57 Å². The number of benzene rings is 1. The second-order valence-electron chi connectivity index (χ2n) is 4.37. The molecule has 3 rings (SSSR count). The minimum Gasteiger partial charge on any atom is -0.481 e. The average molecular weight is 215 g/mol. The Morgan fingerprint density at radius 1 is 1.44 bits per heavy atom. The van der Waals surface area contributed by atoms with Crippen molar-refractivity contribution in [3.8, 4) is 0 Å². The zero-order valence-electron chi connectivity index (χ0n) is 9.10. The first-order valence-electron chi connectivity index (χ1n) is 5.49. The van der Waals surface area contributed by atoms with Gasteiger partial charge in [-0.25, -0.2) is 0 Å². The number of para-hydroxylation sites is 1. The van der Waals surface area contributed by atoms with Gasteiger partial charge in [0.15, 0.2) is 0 Å². The average Bonchev–Trinajstić information content (AvgIpc) is 2.81. The molecule has 1 heterocycles. The first-order valence-corrected chi connectivity index (χ1v) is 5.49. The molecule has 0 radical (unpaired) electrons. The lowest BCUT2D eigenvalue weighted by Crippen LogP contribution is -2.07. The van der Waals surface area contributed by atoms with Crippen LogP contribution in [0.15, 0.2) is 24.3 Å². The Labute approximate surface area is 93.3 Å². The zero-order valence-corrected chi connectivity index (χ0v) is 9.10. The molecule has 0 spiro atoms. The summed E-state index contributed by atoms with van der Waals surface area (Å²) in [5.74, 6) is -1.02. The first-order chi connectivity index (χ1) is 7.70. The third kappa shape index (κ3) is 1.06. The molecule has 3 heteroatoms. The molecule has 1 aliphatic carbocycles. The Morgan fingerprint density at radius 3 is 2.94 bits per heavy atom. The summed E-state index contributed by atoms with van der Waals surface area (Å²) in [5, 5.41) is 10.3. The van der Waals surface area contributed by atoms with Gasteiger partial charge < -0.3 is 9.67 Å². The number of hydrogen-bond acceptors (Lipinski definition) is 1. The van der Waals surface area contributed by atoms with Gasteiger partial charge in [-0.3, -0.25) is 4.79 Å². The number of aromatic nitrogens is 1. The highest BCUT2D eigenvalue weighted by molar-refractivity contribution is 5.92. The van der Waals surface area contributed by atoms with Gasteiger partial charge >= 0.3 is 5.97 Å². The number of carbonyl (C=O) groups is 1. The molecule has 16 heavy (non-hydrogen) atoms. The number of aliphatic carboxylic acids is 1. The Hall–Kier alpha value is -1.77. The zero-order chi connectivity index (χ0) is 11.3. The summed E-state index contributed by atoms with van der Waals surface area (Å²) in [6.07, 6.45) is 1.61. The topological polar surface area (TPSA) is 42.2 Å². The molecular weight excluding hydrogens is 202 g/mol. The van der Waals surface area contributed by atoms with E-state index in [0.29, 0.717) is 0 Å². The molecule has 3 nitrogen and oxygen atoms in total. The van der Waals surface area contributed by atoms with Gasteiger partial charge in [-0.2, -0.15) is 0 Å². The van der Waals surface area contributed by atoms with Gasteiger partial charge in [0.2, 0.25) is 0 Å². The Balaban J connectivity index is 2.35. The molecule has 1 aromatic carbocycles. The van der Waals surface area contributed by atoms with Crippen LogP contribution in [0.25, 0.3) is 10.9 Å². The number of aryl methyl sites for hydroxylation is 1. The highest BCUT2D eigenvalue weighted by Crippen LogP contribution is 2.40. The summed E-state index contributed by atoms with van der Waals surface area (Å²) in [6.45, 7) is 0. The highest BCUT2D eigenvalue weighted by atomic mass is 16.4. The predicted molar refractivity (Wildman–Crippen MR) is 61.6 cm³/mol. The van der Waals surface area contributed by atoms with E-state index in [1.54, 1.807) is 0 Å². The summed E-state index contributed by atoms with van der Waals surface area (Å²) < 4.78 is 2.13. The Morgan fingerprint density at radius 2 is 2.19 bits per heavy atom. The van der Waals surface area contributed by atoms with Crippen LogP contribution in [0.2, 0.25) is 0 Å². The first kappa shape index (κ1) is 9.46.